The molecule has 1 aromatic carbocycles. The third-order valence-corrected chi connectivity index (χ3v) is 4.83. The molecule has 0 bridgehead atoms. The molecule has 1 saturated carbocycles. The molecule has 7 heteroatoms. The molecule has 0 amide bonds. The van der Waals surface area contributed by atoms with E-state index in [1.165, 1.54) is 12.8 Å². The summed E-state index contributed by atoms with van der Waals surface area (Å²) in [6.45, 7) is 0.976. The van der Waals surface area contributed by atoms with Crippen LogP contribution in [0, 0.1) is 0 Å². The Bertz CT molecular complexity index is 862. The van der Waals surface area contributed by atoms with Gasteiger partial charge in [-0.15, -0.1) is 11.3 Å². The van der Waals surface area contributed by atoms with Crippen molar-refractivity contribution in [2.75, 3.05) is 25.6 Å². The molecule has 0 saturated heterocycles. The van der Waals surface area contributed by atoms with E-state index < -0.39 is 0 Å². The summed E-state index contributed by atoms with van der Waals surface area (Å²) in [7, 11) is 1.64. The second-order valence-electron chi connectivity index (χ2n) is 6.08. The van der Waals surface area contributed by atoms with Crippen LogP contribution in [0.5, 0.6) is 5.88 Å². The molecule has 1 fully saturated rings. The highest BCUT2D eigenvalue weighted by atomic mass is 32.1. The first-order chi connectivity index (χ1) is 12.8. The molecule has 1 aliphatic carbocycles. The molecule has 3 aromatic rings. The van der Waals surface area contributed by atoms with Crippen LogP contribution in [0.2, 0.25) is 0 Å². The van der Waals surface area contributed by atoms with Crippen LogP contribution >= 0.6 is 11.3 Å². The zero-order chi connectivity index (χ0) is 17.8. The summed E-state index contributed by atoms with van der Waals surface area (Å²) in [5.74, 6) is 0.493. The minimum Gasteiger partial charge on any atom is -0.474 e. The minimum absolute atomic E-state index is 0.455. The van der Waals surface area contributed by atoms with E-state index in [-0.39, 0.29) is 0 Å². The molecular formula is C19H20N4O2S. The first-order valence-corrected chi connectivity index (χ1v) is 9.47. The fraction of sp³-hybridized carbons (Fsp3) is 0.316. The molecule has 0 unspecified atom stereocenters. The summed E-state index contributed by atoms with van der Waals surface area (Å²) < 4.78 is 10.4. The molecule has 2 heterocycles. The minimum atomic E-state index is 0.455. The number of nitrogens with one attached hydrogen (secondary N) is 1. The van der Waals surface area contributed by atoms with E-state index in [9.17, 15) is 0 Å². The normalized spacial score (nSPS) is 13.6. The van der Waals surface area contributed by atoms with Gasteiger partial charge in [-0.25, -0.2) is 15.0 Å². The predicted molar refractivity (Wildman–Crippen MR) is 103 cm³/mol. The summed E-state index contributed by atoms with van der Waals surface area (Å²) in [6.07, 6.45) is 5.85. The Labute approximate surface area is 156 Å². The van der Waals surface area contributed by atoms with Crippen LogP contribution in [0.25, 0.3) is 22.5 Å². The molecule has 1 N–H and O–H groups in total. The summed E-state index contributed by atoms with van der Waals surface area (Å²) in [5.41, 5.74) is 3.81. The van der Waals surface area contributed by atoms with Crippen LogP contribution < -0.4 is 10.1 Å². The number of thiazole rings is 1. The zero-order valence-corrected chi connectivity index (χ0v) is 15.3. The molecule has 1 aliphatic rings. The smallest absolute Gasteiger partial charge is 0.232 e. The zero-order valence-electron chi connectivity index (χ0n) is 14.5. The molecule has 0 spiro atoms. The van der Waals surface area contributed by atoms with Gasteiger partial charge in [-0.1, -0.05) is 24.3 Å². The van der Waals surface area contributed by atoms with Crippen LogP contribution in [0.3, 0.4) is 0 Å². The van der Waals surface area contributed by atoms with Crippen molar-refractivity contribution in [3.05, 3.63) is 42.0 Å². The monoisotopic (exact) mass is 368 g/mol. The topological polar surface area (TPSA) is 69.2 Å². The first-order valence-electron chi connectivity index (χ1n) is 8.59. The lowest BCUT2D eigenvalue weighted by atomic mass is 10.0. The number of rotatable bonds is 8. The summed E-state index contributed by atoms with van der Waals surface area (Å²) in [4.78, 5) is 13.6. The van der Waals surface area contributed by atoms with E-state index in [2.05, 4.69) is 26.7 Å². The van der Waals surface area contributed by atoms with Gasteiger partial charge in [-0.3, -0.25) is 0 Å². The second-order valence-corrected chi connectivity index (χ2v) is 6.94. The van der Waals surface area contributed by atoms with E-state index in [0.717, 1.165) is 27.6 Å². The third-order valence-electron chi connectivity index (χ3n) is 4.05. The Balaban J connectivity index is 1.56. The maximum Gasteiger partial charge on any atom is 0.232 e. The van der Waals surface area contributed by atoms with E-state index in [0.29, 0.717) is 25.1 Å². The molecule has 0 radical (unpaired) electrons. The Morgan fingerprint density at radius 1 is 1.08 bits per heavy atom. The number of anilines is 1. The maximum atomic E-state index is 5.48. The lowest BCUT2D eigenvalue weighted by Gasteiger charge is -2.08. The molecule has 4 rings (SSSR count). The van der Waals surface area contributed by atoms with Crippen molar-refractivity contribution >= 4 is 16.5 Å². The van der Waals surface area contributed by atoms with E-state index in [1.807, 2.05) is 18.2 Å². The standard InChI is InChI=1S/C19H20N4O2S/c1-24-8-9-25-18-11-20-16(10-21-18)14-4-2-3-5-15(14)17-12-26-19(23-17)22-13-6-7-13/h2-5,10-13H,6-9H2,1H3,(H,22,23). The van der Waals surface area contributed by atoms with Gasteiger partial charge in [0.25, 0.3) is 0 Å². The van der Waals surface area contributed by atoms with Crippen molar-refractivity contribution in [3.8, 4) is 28.4 Å². The molecule has 26 heavy (non-hydrogen) atoms. The number of ether oxygens (including phenoxy) is 2. The summed E-state index contributed by atoms with van der Waals surface area (Å²) >= 11 is 1.64. The molecule has 0 atom stereocenters. The van der Waals surface area contributed by atoms with Crippen molar-refractivity contribution in [2.24, 2.45) is 0 Å². The van der Waals surface area contributed by atoms with Crippen molar-refractivity contribution in [3.63, 3.8) is 0 Å². The van der Waals surface area contributed by atoms with Gasteiger partial charge in [-0.05, 0) is 12.8 Å². The first kappa shape index (κ1) is 16.9. The quantitative estimate of drug-likeness (QED) is 0.609. The Morgan fingerprint density at radius 2 is 1.88 bits per heavy atom. The van der Waals surface area contributed by atoms with Gasteiger partial charge in [0.1, 0.15) is 6.61 Å². The average molecular weight is 368 g/mol. The van der Waals surface area contributed by atoms with Crippen LogP contribution in [-0.2, 0) is 4.74 Å². The van der Waals surface area contributed by atoms with Crippen LogP contribution in [0.15, 0.2) is 42.0 Å². The third kappa shape index (κ3) is 4.00. The van der Waals surface area contributed by atoms with Gasteiger partial charge in [-0.2, -0.15) is 0 Å². The van der Waals surface area contributed by atoms with Crippen molar-refractivity contribution in [2.45, 2.75) is 18.9 Å². The van der Waals surface area contributed by atoms with Crippen molar-refractivity contribution in [1.29, 1.82) is 0 Å². The van der Waals surface area contributed by atoms with Gasteiger partial charge < -0.3 is 14.8 Å². The van der Waals surface area contributed by atoms with E-state index in [4.69, 9.17) is 14.5 Å². The number of hydrogen-bond donors (Lipinski definition) is 1. The second kappa shape index (κ2) is 7.80. The molecule has 6 nitrogen and oxygen atoms in total. The molecule has 0 aliphatic heterocycles. The molecule has 2 aromatic heterocycles. The van der Waals surface area contributed by atoms with Gasteiger partial charge in [0.05, 0.1) is 30.4 Å². The number of methoxy groups -OCH3 is 1. The summed E-state index contributed by atoms with van der Waals surface area (Å²) in [6, 6.07) is 8.72. The Kier molecular flexibility index (Phi) is 5.08. The van der Waals surface area contributed by atoms with Gasteiger partial charge in [0, 0.05) is 29.7 Å². The van der Waals surface area contributed by atoms with Crippen molar-refractivity contribution < 1.29 is 9.47 Å². The molecular weight excluding hydrogens is 348 g/mol. The number of aromatic nitrogens is 3. The number of nitrogens with zero attached hydrogens (tertiary/aromatic N) is 3. The Hall–Kier alpha value is -2.51. The van der Waals surface area contributed by atoms with E-state index >= 15 is 0 Å². The SMILES string of the molecule is COCCOc1cnc(-c2ccccc2-c2csc(NC3CC3)n2)cn1. The largest absolute Gasteiger partial charge is 0.474 e. The summed E-state index contributed by atoms with van der Waals surface area (Å²) in [5, 5.41) is 6.51. The van der Waals surface area contributed by atoms with Crippen LogP contribution in [0.1, 0.15) is 12.8 Å². The highest BCUT2D eigenvalue weighted by Crippen LogP contribution is 2.34. The fourth-order valence-corrected chi connectivity index (χ4v) is 3.34. The van der Waals surface area contributed by atoms with E-state index in [1.54, 1.807) is 30.8 Å². The Morgan fingerprint density at radius 3 is 2.58 bits per heavy atom. The van der Waals surface area contributed by atoms with Gasteiger partial charge >= 0.3 is 0 Å². The average Bonchev–Trinajstić information content (AvgIpc) is 3.37. The highest BCUT2D eigenvalue weighted by Gasteiger charge is 2.22. The van der Waals surface area contributed by atoms with Crippen LogP contribution in [0.4, 0.5) is 5.13 Å². The number of benzene rings is 1. The maximum absolute atomic E-state index is 5.48. The lowest BCUT2D eigenvalue weighted by Crippen LogP contribution is -2.05. The fourth-order valence-electron chi connectivity index (χ4n) is 2.56. The van der Waals surface area contributed by atoms with Crippen LogP contribution in [-0.4, -0.2) is 41.3 Å². The van der Waals surface area contributed by atoms with Gasteiger partial charge in [0.2, 0.25) is 5.88 Å². The predicted octanol–water partition coefficient (Wildman–Crippen LogP) is 3.87. The highest BCUT2D eigenvalue weighted by molar-refractivity contribution is 7.14. The van der Waals surface area contributed by atoms with Gasteiger partial charge in [0.15, 0.2) is 5.13 Å². The number of hydrogen-bond acceptors (Lipinski definition) is 7. The molecule has 134 valence electrons. The lowest BCUT2D eigenvalue weighted by molar-refractivity contribution is 0.143. The van der Waals surface area contributed by atoms with Crippen molar-refractivity contribution in [1.82, 2.24) is 15.0 Å².